The molecule has 0 radical (unpaired) electrons. The van der Waals surface area contributed by atoms with Crippen LogP contribution in [0.3, 0.4) is 0 Å². The summed E-state index contributed by atoms with van der Waals surface area (Å²) in [4.78, 5) is 12.8. The molecule has 1 aliphatic heterocycles. The molecule has 2 rings (SSSR count). The summed E-state index contributed by atoms with van der Waals surface area (Å²) in [6, 6.07) is 0.552. The zero-order valence-corrected chi connectivity index (χ0v) is 12.5. The Kier molecular flexibility index (Phi) is 3.90. The van der Waals surface area contributed by atoms with E-state index in [-0.39, 0.29) is 0 Å². The zero-order chi connectivity index (χ0) is 12.6. The highest BCUT2D eigenvalue weighted by Gasteiger charge is 2.32. The Hall–Kier alpha value is -0.390. The van der Waals surface area contributed by atoms with E-state index in [4.69, 9.17) is 11.6 Å². The molecule has 1 saturated heterocycles. The molecule has 1 aromatic heterocycles. The molecule has 0 bridgehead atoms. The minimum atomic E-state index is 0.468. The van der Waals surface area contributed by atoms with Gasteiger partial charge in [-0.05, 0) is 35.9 Å². The molecule has 0 spiro atoms. The number of anilines is 1. The maximum absolute atomic E-state index is 5.99. The van der Waals surface area contributed by atoms with Crippen molar-refractivity contribution in [2.24, 2.45) is 5.92 Å². The lowest BCUT2D eigenvalue weighted by molar-refractivity contribution is 0.266. The average molecular weight is 320 g/mol. The van der Waals surface area contributed by atoms with Gasteiger partial charge in [0.1, 0.15) is 17.3 Å². The largest absolute Gasteiger partial charge is 0.354 e. The minimum Gasteiger partial charge on any atom is -0.354 e. The van der Waals surface area contributed by atoms with E-state index < -0.39 is 0 Å². The van der Waals surface area contributed by atoms with Gasteiger partial charge in [-0.1, -0.05) is 18.5 Å². The molecule has 1 aliphatic rings. The van der Waals surface area contributed by atoms with Crippen molar-refractivity contribution in [3.8, 4) is 0 Å². The van der Waals surface area contributed by atoms with Gasteiger partial charge in [0.05, 0.1) is 4.47 Å². The van der Waals surface area contributed by atoms with Crippen molar-refractivity contribution in [1.82, 2.24) is 14.9 Å². The predicted molar refractivity (Wildman–Crippen MR) is 73.6 cm³/mol. The lowest BCUT2D eigenvalue weighted by Gasteiger charge is -2.23. The summed E-state index contributed by atoms with van der Waals surface area (Å²) in [6.07, 6.45) is 1.51. The van der Waals surface area contributed by atoms with Gasteiger partial charge in [-0.25, -0.2) is 9.97 Å². The van der Waals surface area contributed by atoms with Crippen molar-refractivity contribution in [2.75, 3.05) is 32.1 Å². The van der Waals surface area contributed by atoms with Crippen LogP contribution in [0.4, 0.5) is 5.82 Å². The van der Waals surface area contributed by atoms with E-state index in [1.54, 1.807) is 0 Å². The Labute approximate surface area is 115 Å². The topological polar surface area (TPSA) is 32.3 Å². The highest BCUT2D eigenvalue weighted by atomic mass is 79.9. The maximum atomic E-state index is 5.99. The second-order valence-electron chi connectivity index (χ2n) is 4.72. The number of nitrogens with zero attached hydrogens (tertiary/aromatic N) is 4. The first-order valence-electron chi connectivity index (χ1n) is 5.58. The second kappa shape index (κ2) is 5.08. The third-order valence-corrected chi connectivity index (χ3v) is 4.51. The first-order valence-corrected chi connectivity index (χ1v) is 6.75. The van der Waals surface area contributed by atoms with E-state index in [0.717, 1.165) is 23.4 Å². The lowest BCUT2D eigenvalue weighted by Crippen LogP contribution is -2.34. The van der Waals surface area contributed by atoms with Crippen LogP contribution < -0.4 is 4.90 Å². The Bertz CT molecular complexity index is 412. The average Bonchev–Trinajstić information content (AvgIpc) is 2.64. The van der Waals surface area contributed by atoms with Crippen LogP contribution in [0.5, 0.6) is 0 Å². The summed E-state index contributed by atoms with van der Waals surface area (Å²) in [6.45, 7) is 4.23. The molecule has 2 atom stereocenters. The maximum Gasteiger partial charge on any atom is 0.148 e. The number of halogens is 2. The van der Waals surface area contributed by atoms with E-state index in [1.807, 2.05) is 0 Å². The molecule has 6 heteroatoms. The van der Waals surface area contributed by atoms with Gasteiger partial charge in [-0.15, -0.1) is 0 Å². The monoisotopic (exact) mass is 318 g/mol. The van der Waals surface area contributed by atoms with E-state index in [2.05, 4.69) is 56.7 Å². The molecule has 0 N–H and O–H groups in total. The van der Waals surface area contributed by atoms with Crippen LogP contribution in [0.15, 0.2) is 10.8 Å². The zero-order valence-electron chi connectivity index (χ0n) is 10.2. The standard InChI is InChI=1S/C11H16BrClN4/c1-7-4-17(5-8(7)16(2)3)11-9(12)10(13)14-6-15-11/h6-8H,4-5H2,1-3H3. The van der Waals surface area contributed by atoms with Crippen LogP contribution in [0.2, 0.25) is 5.15 Å². The summed E-state index contributed by atoms with van der Waals surface area (Å²) in [7, 11) is 4.24. The summed E-state index contributed by atoms with van der Waals surface area (Å²) in [5.41, 5.74) is 0. The molecular weight excluding hydrogens is 304 g/mol. The fraction of sp³-hybridized carbons (Fsp3) is 0.636. The number of hydrogen-bond acceptors (Lipinski definition) is 4. The Balaban J connectivity index is 2.23. The molecule has 0 aliphatic carbocycles. The molecule has 1 aromatic rings. The lowest BCUT2D eigenvalue weighted by atomic mass is 10.1. The van der Waals surface area contributed by atoms with Gasteiger partial charge in [0.15, 0.2) is 0 Å². The molecule has 17 heavy (non-hydrogen) atoms. The van der Waals surface area contributed by atoms with E-state index in [1.165, 1.54) is 6.33 Å². The van der Waals surface area contributed by atoms with Gasteiger partial charge in [-0.3, -0.25) is 0 Å². The molecule has 2 unspecified atom stereocenters. The van der Waals surface area contributed by atoms with Crippen molar-refractivity contribution in [3.63, 3.8) is 0 Å². The third-order valence-electron chi connectivity index (χ3n) is 3.26. The van der Waals surface area contributed by atoms with Crippen molar-refractivity contribution < 1.29 is 0 Å². The van der Waals surface area contributed by atoms with Gasteiger partial charge in [0.2, 0.25) is 0 Å². The summed E-state index contributed by atoms with van der Waals surface area (Å²) in [5.74, 6) is 1.51. The SMILES string of the molecule is CC1CN(c2ncnc(Cl)c2Br)CC1N(C)C. The molecule has 0 saturated carbocycles. The number of hydrogen-bond donors (Lipinski definition) is 0. The fourth-order valence-corrected chi connectivity index (χ4v) is 2.94. The number of rotatable bonds is 2. The second-order valence-corrected chi connectivity index (χ2v) is 5.87. The molecule has 0 aromatic carbocycles. The normalized spacial score (nSPS) is 24.7. The van der Waals surface area contributed by atoms with Gasteiger partial charge in [-0.2, -0.15) is 0 Å². The Morgan fingerprint density at radius 2 is 2.12 bits per heavy atom. The highest BCUT2D eigenvalue weighted by Crippen LogP contribution is 2.33. The van der Waals surface area contributed by atoms with Crippen LogP contribution in [-0.2, 0) is 0 Å². The summed E-state index contributed by atoms with van der Waals surface area (Å²) >= 11 is 9.45. The van der Waals surface area contributed by atoms with Crippen molar-refractivity contribution >= 4 is 33.3 Å². The first-order chi connectivity index (χ1) is 8.00. The predicted octanol–water partition coefficient (Wildman–Crippen LogP) is 2.28. The van der Waals surface area contributed by atoms with E-state index >= 15 is 0 Å². The van der Waals surface area contributed by atoms with Crippen LogP contribution in [-0.4, -0.2) is 48.1 Å². The Morgan fingerprint density at radius 3 is 2.71 bits per heavy atom. The van der Waals surface area contributed by atoms with E-state index in [0.29, 0.717) is 17.1 Å². The van der Waals surface area contributed by atoms with Gasteiger partial charge < -0.3 is 9.80 Å². The fourth-order valence-electron chi connectivity index (χ4n) is 2.36. The molecule has 4 nitrogen and oxygen atoms in total. The van der Waals surface area contributed by atoms with Gasteiger partial charge >= 0.3 is 0 Å². The van der Waals surface area contributed by atoms with Crippen LogP contribution >= 0.6 is 27.5 Å². The molecule has 2 heterocycles. The van der Waals surface area contributed by atoms with Crippen LogP contribution in [0, 0.1) is 5.92 Å². The third kappa shape index (κ3) is 2.56. The molecule has 1 fully saturated rings. The van der Waals surface area contributed by atoms with Crippen LogP contribution in [0.1, 0.15) is 6.92 Å². The molecule has 0 amide bonds. The van der Waals surface area contributed by atoms with Gasteiger partial charge in [0, 0.05) is 19.1 Å². The molecule has 94 valence electrons. The number of aromatic nitrogens is 2. The van der Waals surface area contributed by atoms with E-state index in [9.17, 15) is 0 Å². The van der Waals surface area contributed by atoms with Crippen molar-refractivity contribution in [1.29, 1.82) is 0 Å². The molecular formula is C11H16BrClN4. The number of likely N-dealkylation sites (N-methyl/N-ethyl adjacent to an activating group) is 1. The first kappa shape index (κ1) is 13.1. The van der Waals surface area contributed by atoms with Gasteiger partial charge in [0.25, 0.3) is 0 Å². The quantitative estimate of drug-likeness (QED) is 0.783. The van der Waals surface area contributed by atoms with Crippen molar-refractivity contribution in [2.45, 2.75) is 13.0 Å². The highest BCUT2D eigenvalue weighted by molar-refractivity contribution is 9.10. The summed E-state index contributed by atoms with van der Waals surface area (Å²) < 4.78 is 0.785. The van der Waals surface area contributed by atoms with Crippen molar-refractivity contribution in [3.05, 3.63) is 16.0 Å². The minimum absolute atomic E-state index is 0.468. The summed E-state index contributed by atoms with van der Waals surface area (Å²) in [5, 5.41) is 0.468. The van der Waals surface area contributed by atoms with Crippen LogP contribution in [0.25, 0.3) is 0 Å². The smallest absolute Gasteiger partial charge is 0.148 e. The Morgan fingerprint density at radius 1 is 1.41 bits per heavy atom.